The molecule has 0 unspecified atom stereocenters. The van der Waals surface area contributed by atoms with Crippen molar-refractivity contribution < 1.29 is 9.47 Å². The average Bonchev–Trinajstić information content (AvgIpc) is 2.45. The molecule has 0 aliphatic rings. The Morgan fingerprint density at radius 1 is 1.06 bits per heavy atom. The van der Waals surface area contributed by atoms with Crippen molar-refractivity contribution in [3.63, 3.8) is 0 Å². The van der Waals surface area contributed by atoms with Crippen LogP contribution in [0.4, 0.5) is 0 Å². The molecule has 91 valence electrons. The summed E-state index contributed by atoms with van der Waals surface area (Å²) in [5.41, 5.74) is 2.13. The molecule has 1 radical (unpaired) electrons. The van der Waals surface area contributed by atoms with Crippen molar-refractivity contribution in [1.29, 1.82) is 0 Å². The fourth-order valence-electron chi connectivity index (χ4n) is 1.54. The second kappa shape index (κ2) is 6.50. The normalized spacial score (nSPS) is 10.5. The van der Waals surface area contributed by atoms with E-state index in [0.717, 1.165) is 16.9 Å². The molecular formula is C16H15O2. The molecule has 2 aromatic carbocycles. The van der Waals surface area contributed by atoms with Crippen molar-refractivity contribution in [3.05, 3.63) is 72.0 Å². The Bertz CT molecular complexity index is 504. The molecule has 0 saturated heterocycles. The van der Waals surface area contributed by atoms with Crippen LogP contribution in [-0.4, -0.2) is 7.11 Å². The van der Waals surface area contributed by atoms with E-state index in [-0.39, 0.29) is 0 Å². The van der Waals surface area contributed by atoms with Gasteiger partial charge in [0.25, 0.3) is 0 Å². The molecule has 0 fully saturated rings. The van der Waals surface area contributed by atoms with E-state index in [1.54, 1.807) is 13.2 Å². The molecule has 2 rings (SSSR count). The second-order valence-electron chi connectivity index (χ2n) is 3.81. The number of hydrogen-bond acceptors (Lipinski definition) is 2. The molecule has 0 bridgehead atoms. The van der Waals surface area contributed by atoms with Crippen LogP contribution in [0.3, 0.4) is 0 Å². The largest absolute Gasteiger partial charge is 0.497 e. The molecule has 0 heterocycles. The SMILES string of the molecule is COc1cccc(C=[C]OCc2ccccc2)c1. The van der Waals surface area contributed by atoms with Gasteiger partial charge in [0.1, 0.15) is 12.4 Å². The predicted octanol–water partition coefficient (Wildman–Crippen LogP) is 3.69. The Balaban J connectivity index is 1.87. The highest BCUT2D eigenvalue weighted by molar-refractivity contribution is 5.49. The van der Waals surface area contributed by atoms with Crippen molar-refractivity contribution in [2.75, 3.05) is 7.11 Å². The van der Waals surface area contributed by atoms with E-state index in [9.17, 15) is 0 Å². The van der Waals surface area contributed by atoms with Crippen molar-refractivity contribution in [3.8, 4) is 5.75 Å². The van der Waals surface area contributed by atoms with Crippen LogP contribution in [0, 0.1) is 6.26 Å². The number of benzene rings is 2. The van der Waals surface area contributed by atoms with Crippen LogP contribution in [0.2, 0.25) is 0 Å². The summed E-state index contributed by atoms with van der Waals surface area (Å²) in [6.07, 6.45) is 4.62. The van der Waals surface area contributed by atoms with Gasteiger partial charge < -0.3 is 9.47 Å². The van der Waals surface area contributed by atoms with E-state index < -0.39 is 0 Å². The minimum atomic E-state index is 0.529. The fourth-order valence-corrected chi connectivity index (χ4v) is 1.54. The summed E-state index contributed by atoms with van der Waals surface area (Å²) in [4.78, 5) is 0. The first-order valence-corrected chi connectivity index (χ1v) is 5.77. The topological polar surface area (TPSA) is 18.5 Å². The summed E-state index contributed by atoms with van der Waals surface area (Å²) >= 11 is 0. The first-order chi connectivity index (χ1) is 8.88. The van der Waals surface area contributed by atoms with E-state index >= 15 is 0 Å². The Hall–Kier alpha value is -2.22. The van der Waals surface area contributed by atoms with Crippen molar-refractivity contribution in [2.24, 2.45) is 0 Å². The van der Waals surface area contributed by atoms with Crippen molar-refractivity contribution in [2.45, 2.75) is 6.61 Å². The molecule has 0 aliphatic carbocycles. The molecule has 2 nitrogen and oxygen atoms in total. The highest BCUT2D eigenvalue weighted by atomic mass is 16.5. The van der Waals surface area contributed by atoms with Gasteiger partial charge in [-0.2, -0.15) is 0 Å². The highest BCUT2D eigenvalue weighted by Crippen LogP contribution is 2.13. The molecule has 2 aromatic rings. The van der Waals surface area contributed by atoms with Gasteiger partial charge in [0, 0.05) is 0 Å². The van der Waals surface area contributed by atoms with Gasteiger partial charge in [-0.3, -0.25) is 0 Å². The zero-order valence-corrected chi connectivity index (χ0v) is 10.3. The van der Waals surface area contributed by atoms with Gasteiger partial charge in [-0.15, -0.1) is 0 Å². The van der Waals surface area contributed by atoms with Gasteiger partial charge in [-0.1, -0.05) is 42.5 Å². The molecular weight excluding hydrogens is 224 g/mol. The van der Waals surface area contributed by atoms with E-state index in [1.165, 1.54) is 0 Å². The van der Waals surface area contributed by atoms with Gasteiger partial charge in [-0.25, -0.2) is 0 Å². The van der Waals surface area contributed by atoms with Gasteiger partial charge >= 0.3 is 0 Å². The lowest BCUT2D eigenvalue weighted by Crippen LogP contribution is -1.86. The molecule has 0 amide bonds. The van der Waals surface area contributed by atoms with Crippen LogP contribution >= 0.6 is 0 Å². The van der Waals surface area contributed by atoms with Gasteiger partial charge in [0.05, 0.1) is 7.11 Å². The lowest BCUT2D eigenvalue weighted by Gasteiger charge is -2.01. The summed E-state index contributed by atoms with van der Waals surface area (Å²) in [5, 5.41) is 0. The van der Waals surface area contributed by atoms with Crippen LogP contribution in [0.15, 0.2) is 54.6 Å². The highest BCUT2D eigenvalue weighted by Gasteiger charge is 1.92. The van der Waals surface area contributed by atoms with Crippen LogP contribution in [-0.2, 0) is 11.3 Å². The zero-order chi connectivity index (χ0) is 12.6. The molecule has 0 aromatic heterocycles. The molecule has 0 saturated carbocycles. The third kappa shape index (κ3) is 3.67. The Kier molecular flexibility index (Phi) is 4.42. The van der Waals surface area contributed by atoms with Gasteiger partial charge in [0.15, 0.2) is 6.26 Å². The van der Waals surface area contributed by atoms with Crippen LogP contribution in [0.5, 0.6) is 5.75 Å². The Morgan fingerprint density at radius 3 is 2.67 bits per heavy atom. The summed E-state index contributed by atoms with van der Waals surface area (Å²) in [6, 6.07) is 17.8. The number of methoxy groups -OCH3 is 1. The summed E-state index contributed by atoms with van der Waals surface area (Å²) in [6.45, 7) is 0.529. The number of hydrogen-bond donors (Lipinski definition) is 0. The van der Waals surface area contributed by atoms with Gasteiger partial charge in [0.2, 0.25) is 0 Å². The predicted molar refractivity (Wildman–Crippen MR) is 71.9 cm³/mol. The molecule has 0 aliphatic heterocycles. The molecule has 0 spiro atoms. The average molecular weight is 239 g/mol. The maximum atomic E-state index is 5.35. The maximum absolute atomic E-state index is 5.35. The fraction of sp³-hybridized carbons (Fsp3) is 0.125. The first-order valence-electron chi connectivity index (χ1n) is 5.77. The van der Waals surface area contributed by atoms with Crippen molar-refractivity contribution in [1.82, 2.24) is 0 Å². The van der Waals surface area contributed by atoms with Gasteiger partial charge in [-0.05, 0) is 29.3 Å². The van der Waals surface area contributed by atoms with E-state index in [4.69, 9.17) is 9.47 Å². The summed E-state index contributed by atoms with van der Waals surface area (Å²) in [7, 11) is 1.65. The Labute approximate surface area is 107 Å². The van der Waals surface area contributed by atoms with E-state index in [2.05, 4.69) is 6.26 Å². The first kappa shape index (κ1) is 12.2. The lowest BCUT2D eigenvalue weighted by molar-refractivity contribution is 0.218. The van der Waals surface area contributed by atoms with Crippen LogP contribution < -0.4 is 4.74 Å². The van der Waals surface area contributed by atoms with Crippen LogP contribution in [0.25, 0.3) is 6.08 Å². The maximum Gasteiger partial charge on any atom is 0.162 e. The summed E-state index contributed by atoms with van der Waals surface area (Å²) < 4.78 is 10.5. The minimum absolute atomic E-state index is 0.529. The molecule has 0 N–H and O–H groups in total. The third-order valence-electron chi connectivity index (χ3n) is 2.48. The molecule has 0 atom stereocenters. The quantitative estimate of drug-likeness (QED) is 0.741. The minimum Gasteiger partial charge on any atom is -0.497 e. The second-order valence-corrected chi connectivity index (χ2v) is 3.81. The molecule has 2 heteroatoms. The zero-order valence-electron chi connectivity index (χ0n) is 10.3. The lowest BCUT2D eigenvalue weighted by atomic mass is 10.2. The van der Waals surface area contributed by atoms with E-state index in [0.29, 0.717) is 6.61 Å². The smallest absolute Gasteiger partial charge is 0.162 e. The number of rotatable bonds is 5. The number of ether oxygens (including phenoxy) is 2. The third-order valence-corrected chi connectivity index (χ3v) is 2.48. The standard InChI is InChI=1S/C16H15O2/c1-17-16-9-5-8-14(12-16)10-11-18-13-15-6-3-2-4-7-15/h2-10,12H,13H2,1H3. The van der Waals surface area contributed by atoms with Crippen molar-refractivity contribution >= 4 is 6.08 Å². The molecule has 18 heavy (non-hydrogen) atoms. The summed E-state index contributed by atoms with van der Waals surface area (Å²) in [5.74, 6) is 0.827. The van der Waals surface area contributed by atoms with Crippen LogP contribution in [0.1, 0.15) is 11.1 Å². The van der Waals surface area contributed by atoms with E-state index in [1.807, 2.05) is 54.6 Å². The monoisotopic (exact) mass is 239 g/mol. The Morgan fingerprint density at radius 2 is 1.89 bits per heavy atom.